The van der Waals surface area contributed by atoms with E-state index >= 15 is 0 Å². The number of likely N-dealkylation sites (N-methyl/N-ethyl adjacent to an activating group) is 1. The van der Waals surface area contributed by atoms with Gasteiger partial charge in [-0.25, -0.2) is 0 Å². The Labute approximate surface area is 229 Å². The number of hydrogen-bond acceptors (Lipinski definition) is 2. The number of ether oxygens (including phenoxy) is 1. The fourth-order valence-electron chi connectivity index (χ4n) is 5.62. The molecule has 0 saturated carbocycles. The summed E-state index contributed by atoms with van der Waals surface area (Å²) in [6.45, 7) is 9.06. The van der Waals surface area contributed by atoms with Crippen molar-refractivity contribution in [1.82, 2.24) is 0 Å². The maximum Gasteiger partial charge on any atom is 0.119 e. The van der Waals surface area contributed by atoms with E-state index in [1.807, 2.05) is 6.07 Å². The summed E-state index contributed by atoms with van der Waals surface area (Å²) < 4.78 is 5.51. The fraction of sp³-hybridized carbons (Fsp3) is 0.278. The van der Waals surface area contributed by atoms with Crippen molar-refractivity contribution in [1.29, 1.82) is 0 Å². The highest BCUT2D eigenvalue weighted by molar-refractivity contribution is 5.71. The molecule has 0 N–H and O–H groups in total. The van der Waals surface area contributed by atoms with Crippen LogP contribution in [0.25, 0.3) is 0 Å². The Bertz CT molecular complexity index is 1350. The van der Waals surface area contributed by atoms with Gasteiger partial charge < -0.3 is 9.64 Å². The third kappa shape index (κ3) is 5.86. The molecule has 2 heteroatoms. The summed E-state index contributed by atoms with van der Waals surface area (Å²) in [6, 6.07) is 17.1. The first-order chi connectivity index (χ1) is 18.3. The van der Waals surface area contributed by atoms with E-state index in [4.69, 9.17) is 4.74 Å². The summed E-state index contributed by atoms with van der Waals surface area (Å²) in [5.74, 6) is 0.899. The van der Waals surface area contributed by atoms with E-state index in [0.717, 1.165) is 18.6 Å². The van der Waals surface area contributed by atoms with E-state index in [-0.39, 0.29) is 10.8 Å². The van der Waals surface area contributed by atoms with Crippen LogP contribution in [-0.2, 0) is 11.8 Å². The second-order valence-electron chi connectivity index (χ2n) is 10.9. The molecule has 2 aromatic carbocycles. The molecule has 4 rings (SSSR count). The van der Waals surface area contributed by atoms with Crippen molar-refractivity contribution in [3.63, 3.8) is 0 Å². The first kappa shape index (κ1) is 27.3. The zero-order valence-electron chi connectivity index (χ0n) is 23.7. The number of methoxy groups -OCH3 is 1. The Hall–Kier alpha value is -3.78. The molecule has 0 radical (unpaired) electrons. The first-order valence-electron chi connectivity index (χ1n) is 13.5. The molecule has 2 aromatic rings. The highest BCUT2D eigenvalue weighted by atomic mass is 16.5. The van der Waals surface area contributed by atoms with Gasteiger partial charge in [0.25, 0.3) is 0 Å². The molecule has 0 spiro atoms. The monoisotopic (exact) mass is 503 g/mol. The van der Waals surface area contributed by atoms with Gasteiger partial charge in [-0.1, -0.05) is 112 Å². The van der Waals surface area contributed by atoms with Gasteiger partial charge in [-0.3, -0.25) is 0 Å². The van der Waals surface area contributed by atoms with Crippen LogP contribution in [-0.4, -0.2) is 14.2 Å². The van der Waals surface area contributed by atoms with E-state index < -0.39 is 0 Å². The van der Waals surface area contributed by atoms with E-state index in [2.05, 4.69) is 149 Å². The zero-order chi connectivity index (χ0) is 27.2. The Morgan fingerprint density at radius 3 is 2.53 bits per heavy atom. The number of anilines is 1. The lowest BCUT2D eigenvalue weighted by Gasteiger charge is -2.28. The summed E-state index contributed by atoms with van der Waals surface area (Å²) in [5, 5.41) is 0. The molecule has 1 atom stereocenters. The summed E-state index contributed by atoms with van der Waals surface area (Å²) in [4.78, 5) is 2.30. The van der Waals surface area contributed by atoms with Crippen LogP contribution in [0.3, 0.4) is 0 Å². The van der Waals surface area contributed by atoms with Crippen LogP contribution in [0.5, 0.6) is 5.75 Å². The molecule has 0 fully saturated rings. The lowest BCUT2D eigenvalue weighted by Crippen LogP contribution is -2.22. The van der Waals surface area contributed by atoms with Crippen molar-refractivity contribution < 1.29 is 4.74 Å². The molecule has 0 aromatic heterocycles. The fourth-order valence-corrected chi connectivity index (χ4v) is 5.62. The predicted octanol–water partition coefficient (Wildman–Crippen LogP) is 9.06. The minimum Gasteiger partial charge on any atom is -0.497 e. The minimum atomic E-state index is -0.149. The maximum atomic E-state index is 5.51. The van der Waals surface area contributed by atoms with E-state index in [1.54, 1.807) is 7.11 Å². The molecular weight excluding hydrogens is 462 g/mol. The third-order valence-electron chi connectivity index (χ3n) is 7.84. The molecule has 0 amide bonds. The van der Waals surface area contributed by atoms with Crippen LogP contribution in [0.2, 0.25) is 0 Å². The van der Waals surface area contributed by atoms with Crippen LogP contribution in [0.1, 0.15) is 45.2 Å². The highest BCUT2D eigenvalue weighted by Crippen LogP contribution is 2.48. The van der Waals surface area contributed by atoms with Crippen molar-refractivity contribution in [3.05, 3.63) is 143 Å². The van der Waals surface area contributed by atoms with Crippen LogP contribution in [0.15, 0.2) is 132 Å². The zero-order valence-corrected chi connectivity index (χ0v) is 23.7. The lowest BCUT2D eigenvalue weighted by atomic mass is 9.76. The van der Waals surface area contributed by atoms with Crippen LogP contribution in [0, 0.1) is 5.41 Å². The van der Waals surface area contributed by atoms with E-state index in [9.17, 15) is 0 Å². The number of hydrogen-bond donors (Lipinski definition) is 0. The van der Waals surface area contributed by atoms with E-state index in [0.29, 0.717) is 0 Å². The largest absolute Gasteiger partial charge is 0.497 e. The number of fused-ring (bicyclic) bond motifs is 1. The Kier molecular flexibility index (Phi) is 8.42. The molecule has 0 bridgehead atoms. The minimum absolute atomic E-state index is 0.111. The number of nitrogens with zero attached hydrogens (tertiary/aromatic N) is 1. The molecule has 1 unspecified atom stereocenters. The number of rotatable bonds is 8. The topological polar surface area (TPSA) is 12.5 Å². The molecule has 2 nitrogen and oxygen atoms in total. The quantitative estimate of drug-likeness (QED) is 0.333. The highest BCUT2D eigenvalue weighted by Gasteiger charge is 2.38. The second kappa shape index (κ2) is 11.7. The summed E-state index contributed by atoms with van der Waals surface area (Å²) in [6.07, 6.45) is 26.4. The van der Waals surface area contributed by atoms with Gasteiger partial charge in [0.05, 0.1) is 7.11 Å². The maximum absolute atomic E-state index is 5.51. The van der Waals surface area contributed by atoms with Crippen molar-refractivity contribution in [3.8, 4) is 5.75 Å². The smallest absolute Gasteiger partial charge is 0.119 e. The van der Waals surface area contributed by atoms with Gasteiger partial charge >= 0.3 is 0 Å². The van der Waals surface area contributed by atoms with Crippen molar-refractivity contribution in [2.45, 2.75) is 46.0 Å². The van der Waals surface area contributed by atoms with Crippen molar-refractivity contribution >= 4 is 5.69 Å². The second-order valence-corrected chi connectivity index (χ2v) is 10.9. The third-order valence-corrected chi connectivity index (χ3v) is 7.84. The van der Waals surface area contributed by atoms with Crippen LogP contribution in [0.4, 0.5) is 5.69 Å². The van der Waals surface area contributed by atoms with Gasteiger partial charge in [0.1, 0.15) is 5.75 Å². The predicted molar refractivity (Wildman–Crippen MR) is 164 cm³/mol. The van der Waals surface area contributed by atoms with Crippen molar-refractivity contribution in [2.75, 3.05) is 19.1 Å². The normalized spacial score (nSPS) is 20.6. The Morgan fingerprint density at radius 2 is 1.84 bits per heavy atom. The van der Waals surface area contributed by atoms with Gasteiger partial charge in [-0.15, -0.1) is 0 Å². The molecule has 196 valence electrons. The van der Waals surface area contributed by atoms with Crippen LogP contribution >= 0.6 is 0 Å². The van der Waals surface area contributed by atoms with Gasteiger partial charge in [-0.2, -0.15) is 0 Å². The van der Waals surface area contributed by atoms with Crippen molar-refractivity contribution in [2.24, 2.45) is 5.41 Å². The molecule has 0 saturated heterocycles. The van der Waals surface area contributed by atoms with Gasteiger partial charge in [0.15, 0.2) is 0 Å². The SMILES string of the molecule is C\C=C(/C=C/C=C1/N(C)c2ccc(OC)cc2C1(C)C)C(C)(/C=C/C=C1/C=CC=CC1)Cc1ccccc1. The molecule has 1 aliphatic heterocycles. The lowest BCUT2D eigenvalue weighted by molar-refractivity contribution is 0.413. The summed E-state index contributed by atoms with van der Waals surface area (Å²) >= 11 is 0. The average molecular weight is 504 g/mol. The van der Waals surface area contributed by atoms with Gasteiger partial charge in [0, 0.05) is 29.3 Å². The van der Waals surface area contributed by atoms with E-state index in [1.165, 1.54) is 33.7 Å². The van der Waals surface area contributed by atoms with Gasteiger partial charge in [0.2, 0.25) is 0 Å². The van der Waals surface area contributed by atoms with Gasteiger partial charge in [-0.05, 0) is 66.3 Å². The Morgan fingerprint density at radius 1 is 1.05 bits per heavy atom. The first-order valence-corrected chi connectivity index (χ1v) is 13.5. The summed E-state index contributed by atoms with van der Waals surface area (Å²) in [5.41, 5.74) is 7.50. The molecule has 1 aliphatic carbocycles. The average Bonchev–Trinajstić information content (AvgIpc) is 3.11. The Balaban J connectivity index is 1.63. The number of allylic oxidation sites excluding steroid dienone is 14. The summed E-state index contributed by atoms with van der Waals surface area (Å²) in [7, 11) is 3.88. The molecule has 2 aliphatic rings. The standard InChI is InChI=1S/C36H41NO/c1-7-30(21-14-22-34-35(2,3)32-26-31(38-6)23-24-33(32)37(34)5)36(4,27-29-18-12-9-13-19-29)25-15-20-28-16-10-8-11-17-28/h7-16,18-26H,17,27H2,1-6H3/b21-14+,25-15+,28-20-,30-7+,34-22+. The number of benzene rings is 2. The van der Waals surface area contributed by atoms with Crippen LogP contribution < -0.4 is 9.64 Å². The molecular formula is C36H41NO. The molecule has 1 heterocycles. The molecule has 38 heavy (non-hydrogen) atoms.